The molecule has 0 unspecified atom stereocenters. The van der Waals surface area contributed by atoms with Gasteiger partial charge in [-0.1, -0.05) is 12.1 Å². The van der Waals surface area contributed by atoms with Crippen molar-refractivity contribution in [1.29, 1.82) is 0 Å². The van der Waals surface area contributed by atoms with Gasteiger partial charge in [-0.2, -0.15) is 0 Å². The summed E-state index contributed by atoms with van der Waals surface area (Å²) in [4.78, 5) is 11.6. The van der Waals surface area contributed by atoms with Gasteiger partial charge in [0.25, 0.3) is 0 Å². The van der Waals surface area contributed by atoms with Crippen molar-refractivity contribution in [3.05, 3.63) is 29.8 Å². The van der Waals surface area contributed by atoms with Crippen LogP contribution in [0.25, 0.3) is 0 Å². The summed E-state index contributed by atoms with van der Waals surface area (Å²) in [6.45, 7) is 5.19. The number of amides is 1. The van der Waals surface area contributed by atoms with Gasteiger partial charge >= 0.3 is 0 Å². The predicted molar refractivity (Wildman–Crippen MR) is 72.6 cm³/mol. The fraction of sp³-hybridized carbons (Fsp3) is 0.500. The first-order chi connectivity index (χ1) is 8.61. The third kappa shape index (κ3) is 5.68. The number of carbonyl (C=O) groups excluding carboxylic acids is 1. The number of ether oxygens (including phenoxy) is 1. The second kappa shape index (κ2) is 7.71. The standard InChI is InChI=1S/C14H22N2O2/c1-11(2)18-13-6-3-5-12(9-13)10-14(17)16-8-4-7-15/h3,5-6,9,11H,4,7-8,10,15H2,1-2H3,(H,16,17). The van der Waals surface area contributed by atoms with E-state index in [0.29, 0.717) is 19.5 Å². The molecule has 0 aliphatic rings. The van der Waals surface area contributed by atoms with E-state index in [0.717, 1.165) is 17.7 Å². The fourth-order valence-corrected chi connectivity index (χ4v) is 1.58. The molecule has 100 valence electrons. The molecule has 3 N–H and O–H groups in total. The van der Waals surface area contributed by atoms with Crippen molar-refractivity contribution < 1.29 is 9.53 Å². The van der Waals surface area contributed by atoms with Gasteiger partial charge in [0.1, 0.15) is 5.75 Å². The van der Waals surface area contributed by atoms with Gasteiger partial charge in [0.15, 0.2) is 0 Å². The Morgan fingerprint density at radius 1 is 1.44 bits per heavy atom. The maximum Gasteiger partial charge on any atom is 0.224 e. The summed E-state index contributed by atoms with van der Waals surface area (Å²) < 4.78 is 5.59. The third-order valence-corrected chi connectivity index (χ3v) is 2.34. The summed E-state index contributed by atoms with van der Waals surface area (Å²) in [7, 11) is 0. The molecule has 4 nitrogen and oxygen atoms in total. The minimum atomic E-state index is 0.0187. The highest BCUT2D eigenvalue weighted by Crippen LogP contribution is 2.15. The van der Waals surface area contributed by atoms with Crippen molar-refractivity contribution in [3.8, 4) is 5.75 Å². The van der Waals surface area contributed by atoms with E-state index in [1.165, 1.54) is 0 Å². The highest BCUT2D eigenvalue weighted by Gasteiger charge is 2.04. The van der Waals surface area contributed by atoms with Gasteiger partial charge in [0, 0.05) is 6.54 Å². The summed E-state index contributed by atoms with van der Waals surface area (Å²) in [6.07, 6.45) is 1.32. The normalized spacial score (nSPS) is 10.4. The molecule has 0 heterocycles. The molecular formula is C14H22N2O2. The number of carbonyl (C=O) groups is 1. The highest BCUT2D eigenvalue weighted by atomic mass is 16.5. The Morgan fingerprint density at radius 2 is 2.22 bits per heavy atom. The van der Waals surface area contributed by atoms with E-state index in [1.54, 1.807) is 0 Å². The second-order valence-electron chi connectivity index (χ2n) is 4.48. The van der Waals surface area contributed by atoms with Gasteiger partial charge in [-0.15, -0.1) is 0 Å². The average molecular weight is 250 g/mol. The van der Waals surface area contributed by atoms with E-state index in [9.17, 15) is 4.79 Å². The van der Waals surface area contributed by atoms with Crippen LogP contribution in [0.3, 0.4) is 0 Å². The monoisotopic (exact) mass is 250 g/mol. The molecule has 0 radical (unpaired) electrons. The SMILES string of the molecule is CC(C)Oc1cccc(CC(=O)NCCCN)c1. The Bertz CT molecular complexity index is 378. The Kier molecular flexibility index (Phi) is 6.22. The zero-order valence-corrected chi connectivity index (χ0v) is 11.1. The molecule has 0 aliphatic carbocycles. The van der Waals surface area contributed by atoms with Crippen LogP contribution in [-0.4, -0.2) is 25.1 Å². The molecule has 0 spiro atoms. The van der Waals surface area contributed by atoms with E-state index in [2.05, 4.69) is 5.32 Å². The quantitative estimate of drug-likeness (QED) is 0.720. The summed E-state index contributed by atoms with van der Waals surface area (Å²) in [5, 5.41) is 2.83. The summed E-state index contributed by atoms with van der Waals surface area (Å²) >= 11 is 0. The Labute approximate surface area is 109 Å². The first-order valence-electron chi connectivity index (χ1n) is 6.34. The summed E-state index contributed by atoms with van der Waals surface area (Å²) in [5.41, 5.74) is 6.32. The lowest BCUT2D eigenvalue weighted by molar-refractivity contribution is -0.120. The molecule has 0 atom stereocenters. The zero-order chi connectivity index (χ0) is 13.4. The van der Waals surface area contributed by atoms with Crippen molar-refractivity contribution in [2.24, 2.45) is 5.73 Å². The van der Waals surface area contributed by atoms with Crippen LogP contribution in [-0.2, 0) is 11.2 Å². The van der Waals surface area contributed by atoms with E-state index >= 15 is 0 Å². The summed E-state index contributed by atoms with van der Waals surface area (Å²) in [5.74, 6) is 0.822. The van der Waals surface area contributed by atoms with Gasteiger partial charge in [-0.25, -0.2) is 0 Å². The van der Waals surface area contributed by atoms with Crippen LogP contribution in [0, 0.1) is 0 Å². The van der Waals surface area contributed by atoms with Crippen molar-refractivity contribution >= 4 is 5.91 Å². The predicted octanol–water partition coefficient (Wildman–Crippen LogP) is 1.48. The molecule has 0 fully saturated rings. The smallest absolute Gasteiger partial charge is 0.224 e. The highest BCUT2D eigenvalue weighted by molar-refractivity contribution is 5.78. The van der Waals surface area contributed by atoms with Crippen LogP contribution in [0.4, 0.5) is 0 Å². The van der Waals surface area contributed by atoms with Crippen LogP contribution in [0.1, 0.15) is 25.8 Å². The number of nitrogens with two attached hydrogens (primary N) is 1. The molecule has 1 amide bonds. The molecule has 0 saturated carbocycles. The minimum absolute atomic E-state index is 0.0187. The lowest BCUT2D eigenvalue weighted by atomic mass is 10.1. The largest absolute Gasteiger partial charge is 0.491 e. The van der Waals surface area contributed by atoms with Crippen LogP contribution in [0.2, 0.25) is 0 Å². The summed E-state index contributed by atoms with van der Waals surface area (Å²) in [6, 6.07) is 7.63. The molecular weight excluding hydrogens is 228 g/mol. The molecule has 0 aliphatic heterocycles. The Balaban J connectivity index is 2.48. The molecule has 4 heteroatoms. The topological polar surface area (TPSA) is 64.3 Å². The van der Waals surface area contributed by atoms with E-state index in [1.807, 2.05) is 38.1 Å². The lowest BCUT2D eigenvalue weighted by Gasteiger charge is -2.11. The van der Waals surface area contributed by atoms with Crippen molar-refractivity contribution in [2.75, 3.05) is 13.1 Å². The third-order valence-electron chi connectivity index (χ3n) is 2.34. The Morgan fingerprint density at radius 3 is 2.89 bits per heavy atom. The number of hydrogen-bond acceptors (Lipinski definition) is 3. The number of rotatable bonds is 7. The van der Waals surface area contributed by atoms with Crippen LogP contribution in [0.5, 0.6) is 5.75 Å². The van der Waals surface area contributed by atoms with E-state index in [-0.39, 0.29) is 12.0 Å². The molecule has 0 bridgehead atoms. The van der Waals surface area contributed by atoms with Crippen LogP contribution >= 0.6 is 0 Å². The van der Waals surface area contributed by atoms with Gasteiger partial charge < -0.3 is 15.8 Å². The van der Waals surface area contributed by atoms with Gasteiger partial charge in [-0.05, 0) is 44.5 Å². The maximum absolute atomic E-state index is 11.6. The zero-order valence-electron chi connectivity index (χ0n) is 11.1. The first kappa shape index (κ1) is 14.5. The van der Waals surface area contributed by atoms with Crippen molar-refractivity contribution in [2.45, 2.75) is 32.8 Å². The van der Waals surface area contributed by atoms with Gasteiger partial charge in [-0.3, -0.25) is 4.79 Å². The van der Waals surface area contributed by atoms with Crippen LogP contribution in [0.15, 0.2) is 24.3 Å². The average Bonchev–Trinajstić information content (AvgIpc) is 2.28. The molecule has 0 saturated heterocycles. The van der Waals surface area contributed by atoms with Crippen molar-refractivity contribution in [1.82, 2.24) is 5.32 Å². The van der Waals surface area contributed by atoms with E-state index in [4.69, 9.17) is 10.5 Å². The number of hydrogen-bond donors (Lipinski definition) is 2. The second-order valence-corrected chi connectivity index (χ2v) is 4.48. The number of nitrogens with one attached hydrogen (secondary N) is 1. The van der Waals surface area contributed by atoms with Gasteiger partial charge in [0.2, 0.25) is 5.91 Å². The van der Waals surface area contributed by atoms with Crippen LogP contribution < -0.4 is 15.8 Å². The lowest BCUT2D eigenvalue weighted by Crippen LogP contribution is -2.27. The molecule has 1 aromatic carbocycles. The molecule has 0 aromatic heterocycles. The van der Waals surface area contributed by atoms with Gasteiger partial charge in [0.05, 0.1) is 12.5 Å². The Hall–Kier alpha value is -1.55. The molecule has 1 rings (SSSR count). The van der Waals surface area contributed by atoms with Crippen molar-refractivity contribution in [3.63, 3.8) is 0 Å². The number of benzene rings is 1. The fourth-order valence-electron chi connectivity index (χ4n) is 1.58. The molecule has 1 aromatic rings. The maximum atomic E-state index is 11.6. The first-order valence-corrected chi connectivity index (χ1v) is 6.34. The molecule has 18 heavy (non-hydrogen) atoms. The minimum Gasteiger partial charge on any atom is -0.491 e. The van der Waals surface area contributed by atoms with E-state index < -0.39 is 0 Å².